The molecule has 158 valence electrons. The van der Waals surface area contributed by atoms with Crippen molar-refractivity contribution >= 4 is 14.7 Å². The van der Waals surface area contributed by atoms with Crippen molar-refractivity contribution in [2.45, 2.75) is 111 Å². The van der Waals surface area contributed by atoms with Crippen LogP contribution in [0.5, 0.6) is 0 Å². The van der Waals surface area contributed by atoms with Gasteiger partial charge in [0.25, 0.3) is 0 Å². The van der Waals surface area contributed by atoms with Crippen molar-refractivity contribution in [3.05, 3.63) is 28.0 Å². The number of hydrogen-bond donors (Lipinski definition) is 0. The van der Waals surface area contributed by atoms with Gasteiger partial charge in [-0.25, -0.2) is 0 Å². The van der Waals surface area contributed by atoms with Crippen LogP contribution in [-0.2, 0) is 26.5 Å². The summed E-state index contributed by atoms with van der Waals surface area (Å²) < 4.78 is 0. The van der Waals surface area contributed by atoms with Crippen LogP contribution in [0.4, 0.5) is 0 Å². The summed E-state index contributed by atoms with van der Waals surface area (Å²) in [5.41, 5.74) is 13.9. The molecule has 0 bridgehead atoms. The molecule has 2 aliphatic carbocycles. The molecule has 3 atom stereocenters. The van der Waals surface area contributed by atoms with E-state index in [1.54, 1.807) is 0 Å². The van der Waals surface area contributed by atoms with Crippen LogP contribution in [0.15, 0.2) is 22.3 Å². The van der Waals surface area contributed by atoms with Crippen molar-refractivity contribution < 1.29 is 26.5 Å². The van der Waals surface area contributed by atoms with Gasteiger partial charge in [0.1, 0.15) is 0 Å². The molecule has 1 saturated carbocycles. The predicted octanol–water partition coefficient (Wildman–Crippen LogP) is 7.62. The van der Waals surface area contributed by atoms with Crippen molar-refractivity contribution in [2.75, 3.05) is 0 Å². The number of nitrogens with one attached hydrogen (secondary N) is 1. The molecule has 0 radical (unpaired) electrons. The Hall–Kier alpha value is -0.119. The summed E-state index contributed by atoms with van der Waals surface area (Å²) in [6.45, 7) is 13.8. The molecule has 0 saturated heterocycles. The first kappa shape index (κ1) is 25.9. The number of carbonyl (C=O) groups excluding carboxylic acids is 1. The Morgan fingerprint density at radius 1 is 0.929 bits per heavy atom. The van der Waals surface area contributed by atoms with E-state index in [9.17, 15) is 4.79 Å². The number of amides is 1. The second-order valence-corrected chi connectivity index (χ2v) is 12.9. The van der Waals surface area contributed by atoms with E-state index in [1.807, 2.05) is 0 Å². The van der Waals surface area contributed by atoms with Gasteiger partial charge in [0.15, 0.2) is 0 Å². The largest absolute Gasteiger partial charge is 0.667 e. The summed E-state index contributed by atoms with van der Waals surface area (Å²) >= 11 is 0. The van der Waals surface area contributed by atoms with Crippen molar-refractivity contribution in [3.8, 4) is 0 Å². The van der Waals surface area contributed by atoms with E-state index in [1.165, 1.54) is 67.2 Å². The average Bonchev–Trinajstić information content (AvgIpc) is 2.79. The van der Waals surface area contributed by atoms with Crippen LogP contribution >= 0.6 is 0 Å². The minimum Gasteiger partial charge on any atom is -0.667 e. The van der Waals surface area contributed by atoms with E-state index in [0.717, 1.165) is 19.3 Å². The maximum atomic E-state index is 13.2. The van der Waals surface area contributed by atoms with Crippen molar-refractivity contribution in [3.63, 3.8) is 0 Å². The van der Waals surface area contributed by atoms with Crippen LogP contribution in [0.3, 0.4) is 0 Å². The first-order valence-electron chi connectivity index (χ1n) is 11.4. The average molecular weight is 437 g/mol. The summed E-state index contributed by atoms with van der Waals surface area (Å²) in [6.07, 6.45) is 12.2. The topological polar surface area (TPSA) is 40.9 Å². The maximum absolute atomic E-state index is 13.2. The van der Waals surface area contributed by atoms with Crippen molar-refractivity contribution in [2.24, 2.45) is 11.3 Å². The van der Waals surface area contributed by atoms with E-state index >= 15 is 0 Å². The number of allylic oxidation sites excluding steroid dienone is 3. The molecule has 0 aromatic rings. The third-order valence-corrected chi connectivity index (χ3v) is 10.3. The SMILES string of the molecule is CC1=C(C)C(C)C(C2(C([NH-])=O)CCCCCCCCCCC2[SiH](C)C)=C1C.[Ti]. The zero-order chi connectivity index (χ0) is 20.2. The van der Waals surface area contributed by atoms with Gasteiger partial charge < -0.3 is 10.5 Å². The molecule has 0 aromatic carbocycles. The quantitative estimate of drug-likeness (QED) is 0.419. The predicted molar refractivity (Wildman–Crippen MR) is 121 cm³/mol. The van der Waals surface area contributed by atoms with Gasteiger partial charge in [-0.05, 0) is 55.4 Å². The fourth-order valence-corrected chi connectivity index (χ4v) is 8.52. The number of rotatable bonds is 3. The zero-order valence-corrected chi connectivity index (χ0v) is 21.9. The molecule has 28 heavy (non-hydrogen) atoms. The number of carbonyl (C=O) groups is 1. The Labute approximate surface area is 190 Å². The number of hydrogen-bond acceptors (Lipinski definition) is 1. The Morgan fingerprint density at radius 3 is 1.86 bits per heavy atom. The summed E-state index contributed by atoms with van der Waals surface area (Å²) in [6, 6.07) is 0. The van der Waals surface area contributed by atoms with E-state index < -0.39 is 14.2 Å². The molecule has 1 amide bonds. The van der Waals surface area contributed by atoms with Crippen molar-refractivity contribution in [1.29, 1.82) is 0 Å². The molecule has 0 aliphatic heterocycles. The van der Waals surface area contributed by atoms with Crippen LogP contribution in [0.25, 0.3) is 5.73 Å². The minimum atomic E-state index is -1.09. The van der Waals surface area contributed by atoms with Crippen LogP contribution < -0.4 is 0 Å². The molecule has 0 spiro atoms. The first-order chi connectivity index (χ1) is 12.7. The molecule has 2 rings (SSSR count). The smallest absolute Gasteiger partial charge is 0.0592 e. The summed E-state index contributed by atoms with van der Waals surface area (Å²) in [4.78, 5) is 13.2. The van der Waals surface area contributed by atoms with Gasteiger partial charge >= 0.3 is 0 Å². The standard InChI is InChI=1S/C24H43NOSi.Ti/c1-17-18(2)20(4)22(19(17)3)24(23(25)26)16-14-12-10-8-7-9-11-13-15-21(24)27(5)6;/h19,21,27H,7-16H2,1-6H3,(H2,25,26);/p-1. The Morgan fingerprint density at radius 2 is 1.43 bits per heavy atom. The zero-order valence-electron chi connectivity index (χ0n) is 19.2. The Bertz CT molecular complexity index is 610. The summed E-state index contributed by atoms with van der Waals surface area (Å²) in [5.74, 6) is 0.0388. The fourth-order valence-electron chi connectivity index (χ4n) is 5.99. The molecule has 2 aliphatic rings. The second kappa shape index (κ2) is 11.3. The van der Waals surface area contributed by atoms with Gasteiger partial charge in [0.2, 0.25) is 0 Å². The normalized spacial score (nSPS) is 30.7. The Balaban J connectivity index is 0.00000392. The fraction of sp³-hybridized carbons (Fsp3) is 0.792. The van der Waals surface area contributed by atoms with Gasteiger partial charge in [-0.2, -0.15) is 0 Å². The minimum absolute atomic E-state index is 0. The van der Waals surface area contributed by atoms with E-state index in [0.29, 0.717) is 11.5 Å². The molecular weight excluding hydrogens is 394 g/mol. The van der Waals surface area contributed by atoms with Gasteiger partial charge in [-0.1, -0.05) is 83.4 Å². The van der Waals surface area contributed by atoms with E-state index in [4.69, 9.17) is 5.73 Å². The molecule has 3 unspecified atom stereocenters. The van der Waals surface area contributed by atoms with Crippen LogP contribution in [0.1, 0.15) is 91.9 Å². The molecule has 0 heterocycles. The summed E-state index contributed by atoms with van der Waals surface area (Å²) in [7, 11) is -1.09. The van der Waals surface area contributed by atoms with E-state index in [-0.39, 0.29) is 27.6 Å². The third-order valence-electron chi connectivity index (χ3n) is 7.80. The Kier molecular flexibility index (Phi) is 10.5. The van der Waals surface area contributed by atoms with Gasteiger partial charge in [-0.15, -0.1) is 0 Å². The molecule has 4 heteroatoms. The first-order valence-corrected chi connectivity index (χ1v) is 14.4. The summed E-state index contributed by atoms with van der Waals surface area (Å²) in [5, 5.41) is 0. The van der Waals surface area contributed by atoms with Gasteiger partial charge in [0, 0.05) is 35.9 Å². The molecule has 1 N–H and O–H groups in total. The molecule has 2 nitrogen and oxygen atoms in total. The van der Waals surface area contributed by atoms with Gasteiger partial charge in [-0.3, -0.25) is 0 Å². The molecule has 0 aromatic heterocycles. The molecular formula is C24H42NOSiTi-. The van der Waals surface area contributed by atoms with Gasteiger partial charge in [0.05, 0.1) is 5.91 Å². The van der Waals surface area contributed by atoms with E-state index in [2.05, 4.69) is 40.8 Å². The second-order valence-electron chi connectivity index (χ2n) is 9.59. The molecule has 1 fully saturated rings. The third kappa shape index (κ3) is 5.13. The van der Waals surface area contributed by atoms with Crippen LogP contribution in [0, 0.1) is 11.3 Å². The van der Waals surface area contributed by atoms with Crippen LogP contribution in [-0.4, -0.2) is 14.7 Å². The monoisotopic (exact) mass is 436 g/mol. The van der Waals surface area contributed by atoms with Crippen LogP contribution in [0.2, 0.25) is 18.6 Å². The van der Waals surface area contributed by atoms with Crippen molar-refractivity contribution in [1.82, 2.24) is 0 Å². The maximum Gasteiger partial charge on any atom is 0.0592 e.